The van der Waals surface area contributed by atoms with Gasteiger partial charge in [0.1, 0.15) is 0 Å². The highest BCUT2D eigenvalue weighted by molar-refractivity contribution is 7.13. The number of ether oxygens (including phenoxy) is 2. The molecule has 1 aromatic rings. The lowest BCUT2D eigenvalue weighted by Crippen LogP contribution is -2.39. The van der Waals surface area contributed by atoms with E-state index in [-0.39, 0.29) is 0 Å². The Kier molecular flexibility index (Phi) is 7.43. The standard InChI is InChI=1S/C15H27N3O2S/c1-3-8-20-14-5-4-7-18(11-14)15-17-13(12-21-15)10-16-6-9-19-2/h12,14,16H,3-11H2,1-2H3. The van der Waals surface area contributed by atoms with Crippen molar-refractivity contribution in [2.75, 3.05) is 44.9 Å². The maximum absolute atomic E-state index is 5.89. The van der Waals surface area contributed by atoms with Crippen LogP contribution in [0.5, 0.6) is 0 Å². The van der Waals surface area contributed by atoms with Gasteiger partial charge in [0.25, 0.3) is 0 Å². The van der Waals surface area contributed by atoms with E-state index in [2.05, 4.69) is 22.5 Å². The molecule has 1 atom stereocenters. The van der Waals surface area contributed by atoms with E-state index >= 15 is 0 Å². The second kappa shape index (κ2) is 9.35. The number of hydrogen-bond acceptors (Lipinski definition) is 6. The molecule has 1 aliphatic rings. The number of piperidine rings is 1. The molecule has 1 unspecified atom stereocenters. The van der Waals surface area contributed by atoms with Crippen LogP contribution in [0.4, 0.5) is 5.13 Å². The Morgan fingerprint density at radius 2 is 2.38 bits per heavy atom. The van der Waals surface area contributed by atoms with Crippen LogP contribution in [-0.2, 0) is 16.0 Å². The van der Waals surface area contributed by atoms with E-state index in [1.807, 2.05) is 0 Å². The molecule has 0 amide bonds. The van der Waals surface area contributed by atoms with Crippen LogP contribution in [0, 0.1) is 0 Å². The van der Waals surface area contributed by atoms with Crippen LogP contribution in [0.1, 0.15) is 31.9 Å². The fourth-order valence-electron chi connectivity index (χ4n) is 2.45. The fraction of sp³-hybridized carbons (Fsp3) is 0.800. The van der Waals surface area contributed by atoms with Crippen molar-refractivity contribution in [3.63, 3.8) is 0 Å². The fourth-order valence-corrected chi connectivity index (χ4v) is 3.31. The van der Waals surface area contributed by atoms with Crippen molar-refractivity contribution >= 4 is 16.5 Å². The number of methoxy groups -OCH3 is 1. The second-order valence-electron chi connectivity index (χ2n) is 5.37. The van der Waals surface area contributed by atoms with Crippen molar-refractivity contribution in [3.8, 4) is 0 Å². The van der Waals surface area contributed by atoms with E-state index in [1.54, 1.807) is 18.4 Å². The lowest BCUT2D eigenvalue weighted by molar-refractivity contribution is 0.0440. The van der Waals surface area contributed by atoms with Gasteiger partial charge in [0.15, 0.2) is 5.13 Å². The Morgan fingerprint density at radius 3 is 3.19 bits per heavy atom. The van der Waals surface area contributed by atoms with E-state index in [0.29, 0.717) is 6.10 Å². The van der Waals surface area contributed by atoms with Gasteiger partial charge in [0.2, 0.25) is 0 Å². The van der Waals surface area contributed by atoms with E-state index in [4.69, 9.17) is 14.5 Å². The van der Waals surface area contributed by atoms with Crippen molar-refractivity contribution < 1.29 is 9.47 Å². The third-order valence-corrected chi connectivity index (χ3v) is 4.49. The molecule has 21 heavy (non-hydrogen) atoms. The quantitative estimate of drug-likeness (QED) is 0.709. The predicted octanol–water partition coefficient (Wildman–Crippen LogP) is 2.27. The molecule has 6 heteroatoms. The van der Waals surface area contributed by atoms with Gasteiger partial charge in [-0.1, -0.05) is 6.92 Å². The highest BCUT2D eigenvalue weighted by Crippen LogP contribution is 2.25. The van der Waals surface area contributed by atoms with Gasteiger partial charge in [-0.25, -0.2) is 4.98 Å². The summed E-state index contributed by atoms with van der Waals surface area (Å²) in [4.78, 5) is 7.10. The number of anilines is 1. The number of thiazole rings is 1. The third kappa shape index (κ3) is 5.54. The first kappa shape index (κ1) is 16.7. The minimum absolute atomic E-state index is 0.367. The largest absolute Gasteiger partial charge is 0.383 e. The number of aromatic nitrogens is 1. The molecule has 0 aliphatic carbocycles. The molecule has 1 saturated heterocycles. The van der Waals surface area contributed by atoms with Gasteiger partial charge >= 0.3 is 0 Å². The minimum atomic E-state index is 0.367. The molecule has 1 fully saturated rings. The van der Waals surface area contributed by atoms with Crippen molar-refractivity contribution in [1.82, 2.24) is 10.3 Å². The molecule has 5 nitrogen and oxygen atoms in total. The van der Waals surface area contributed by atoms with Crippen molar-refractivity contribution in [1.29, 1.82) is 0 Å². The van der Waals surface area contributed by atoms with E-state index in [0.717, 1.165) is 56.6 Å². The molecule has 120 valence electrons. The van der Waals surface area contributed by atoms with Crippen LogP contribution in [-0.4, -0.2) is 51.0 Å². The second-order valence-corrected chi connectivity index (χ2v) is 6.21. The predicted molar refractivity (Wildman–Crippen MR) is 87.2 cm³/mol. The Hall–Kier alpha value is -0.690. The first-order valence-corrected chi connectivity index (χ1v) is 8.72. The van der Waals surface area contributed by atoms with Gasteiger partial charge in [-0.15, -0.1) is 11.3 Å². The van der Waals surface area contributed by atoms with Crippen molar-refractivity contribution in [2.45, 2.75) is 38.8 Å². The molecule has 1 N–H and O–H groups in total. The maximum atomic E-state index is 5.89. The molecule has 2 rings (SSSR count). The van der Waals surface area contributed by atoms with E-state index in [9.17, 15) is 0 Å². The topological polar surface area (TPSA) is 46.6 Å². The maximum Gasteiger partial charge on any atom is 0.185 e. The first-order valence-electron chi connectivity index (χ1n) is 7.84. The molecule has 0 radical (unpaired) electrons. The Morgan fingerprint density at radius 1 is 1.48 bits per heavy atom. The van der Waals surface area contributed by atoms with Crippen molar-refractivity contribution in [3.05, 3.63) is 11.1 Å². The zero-order valence-corrected chi connectivity index (χ0v) is 14.0. The summed E-state index contributed by atoms with van der Waals surface area (Å²) in [5.74, 6) is 0. The number of nitrogens with zero attached hydrogens (tertiary/aromatic N) is 2. The molecular formula is C15H27N3O2S. The normalized spacial score (nSPS) is 19.1. The molecule has 2 heterocycles. The zero-order chi connectivity index (χ0) is 14.9. The summed E-state index contributed by atoms with van der Waals surface area (Å²) in [5.41, 5.74) is 1.11. The van der Waals surface area contributed by atoms with Gasteiger partial charge in [0.05, 0.1) is 18.4 Å². The first-order chi connectivity index (χ1) is 10.3. The third-order valence-electron chi connectivity index (χ3n) is 3.54. The molecular weight excluding hydrogens is 286 g/mol. The SMILES string of the molecule is CCCOC1CCCN(c2nc(CNCCOC)cs2)C1. The van der Waals surface area contributed by atoms with Crippen LogP contribution in [0.3, 0.4) is 0 Å². The van der Waals surface area contributed by atoms with Gasteiger partial charge in [-0.2, -0.15) is 0 Å². The smallest absolute Gasteiger partial charge is 0.185 e. The van der Waals surface area contributed by atoms with E-state index < -0.39 is 0 Å². The summed E-state index contributed by atoms with van der Waals surface area (Å²) in [7, 11) is 1.72. The lowest BCUT2D eigenvalue weighted by atomic mass is 10.1. The summed E-state index contributed by atoms with van der Waals surface area (Å²) in [5, 5.41) is 6.60. The van der Waals surface area contributed by atoms with Crippen LogP contribution >= 0.6 is 11.3 Å². The molecule has 0 aromatic carbocycles. The average Bonchev–Trinajstić information content (AvgIpc) is 2.99. The number of rotatable bonds is 9. The molecule has 0 bridgehead atoms. The highest BCUT2D eigenvalue weighted by atomic mass is 32.1. The Balaban J connectivity index is 1.79. The van der Waals surface area contributed by atoms with Crippen LogP contribution in [0.25, 0.3) is 0 Å². The van der Waals surface area contributed by atoms with Gasteiger partial charge in [-0.3, -0.25) is 0 Å². The summed E-state index contributed by atoms with van der Waals surface area (Å²) in [6.45, 7) is 7.50. The number of hydrogen-bond donors (Lipinski definition) is 1. The minimum Gasteiger partial charge on any atom is -0.383 e. The Bertz CT molecular complexity index is 400. The molecule has 0 spiro atoms. The van der Waals surface area contributed by atoms with Gasteiger partial charge in [-0.05, 0) is 19.3 Å². The zero-order valence-electron chi connectivity index (χ0n) is 13.1. The summed E-state index contributed by atoms with van der Waals surface area (Å²) in [6, 6.07) is 0. The van der Waals surface area contributed by atoms with Crippen molar-refractivity contribution in [2.24, 2.45) is 0 Å². The molecule has 1 aliphatic heterocycles. The highest BCUT2D eigenvalue weighted by Gasteiger charge is 2.22. The van der Waals surface area contributed by atoms with Crippen LogP contribution < -0.4 is 10.2 Å². The molecule has 0 saturated carbocycles. The summed E-state index contributed by atoms with van der Waals surface area (Å²) in [6.07, 6.45) is 3.82. The number of nitrogens with one attached hydrogen (secondary N) is 1. The van der Waals surface area contributed by atoms with Crippen LogP contribution in [0.2, 0.25) is 0 Å². The van der Waals surface area contributed by atoms with Gasteiger partial charge < -0.3 is 19.7 Å². The monoisotopic (exact) mass is 313 g/mol. The summed E-state index contributed by atoms with van der Waals surface area (Å²) >= 11 is 1.73. The average molecular weight is 313 g/mol. The van der Waals surface area contributed by atoms with E-state index in [1.165, 1.54) is 12.8 Å². The lowest BCUT2D eigenvalue weighted by Gasteiger charge is -2.32. The molecule has 1 aromatic heterocycles. The summed E-state index contributed by atoms with van der Waals surface area (Å²) < 4.78 is 10.9. The van der Waals surface area contributed by atoms with Gasteiger partial charge in [0, 0.05) is 45.3 Å². The Labute approximate surface area is 131 Å². The van der Waals surface area contributed by atoms with Crippen LogP contribution in [0.15, 0.2) is 5.38 Å².